The summed E-state index contributed by atoms with van der Waals surface area (Å²) in [6.07, 6.45) is 7.09. The summed E-state index contributed by atoms with van der Waals surface area (Å²) in [7, 11) is 0. The number of nitrogens with zero attached hydrogens (tertiary/aromatic N) is 2. The molecule has 0 bridgehead atoms. The van der Waals surface area contributed by atoms with Crippen LogP contribution < -0.4 is 5.32 Å². The van der Waals surface area contributed by atoms with Crippen molar-refractivity contribution in [2.75, 3.05) is 13.1 Å². The summed E-state index contributed by atoms with van der Waals surface area (Å²) < 4.78 is 0. The van der Waals surface area contributed by atoms with Crippen molar-refractivity contribution >= 4 is 11.8 Å². The third-order valence-electron chi connectivity index (χ3n) is 3.90. The Morgan fingerprint density at radius 2 is 2.00 bits per heavy atom. The van der Waals surface area contributed by atoms with Crippen molar-refractivity contribution in [3.8, 4) is 0 Å². The average Bonchev–Trinajstić information content (AvgIpc) is 2.54. The zero-order valence-corrected chi connectivity index (χ0v) is 13.4. The molecule has 1 aromatic rings. The maximum absolute atomic E-state index is 12.7. The second-order valence-corrected chi connectivity index (χ2v) is 6.28. The van der Waals surface area contributed by atoms with E-state index in [4.69, 9.17) is 0 Å². The number of rotatable bonds is 5. The maximum atomic E-state index is 12.7. The van der Waals surface area contributed by atoms with Gasteiger partial charge >= 0.3 is 0 Å². The molecule has 2 rings (SSSR count). The van der Waals surface area contributed by atoms with E-state index in [0.717, 1.165) is 25.9 Å². The molecule has 22 heavy (non-hydrogen) atoms. The standard InChI is InChI=1S/C17H25N3O2/c1-13(2)11-15(17(22)20-9-4-3-5-10-20)19-16(21)14-7-6-8-18-12-14/h6-8,12-13,15H,3-5,9-11H2,1-2H3,(H,19,21)/t15-/m0/s1. The van der Waals surface area contributed by atoms with Crippen LogP contribution in [0.15, 0.2) is 24.5 Å². The lowest BCUT2D eigenvalue weighted by Gasteiger charge is -2.31. The van der Waals surface area contributed by atoms with Gasteiger partial charge in [-0.15, -0.1) is 0 Å². The molecule has 1 N–H and O–H groups in total. The van der Waals surface area contributed by atoms with Crippen molar-refractivity contribution in [2.45, 2.75) is 45.6 Å². The summed E-state index contributed by atoms with van der Waals surface area (Å²) in [5, 5.41) is 2.89. The lowest BCUT2D eigenvalue weighted by atomic mass is 10.0. The number of pyridine rings is 1. The van der Waals surface area contributed by atoms with Gasteiger partial charge in [0.05, 0.1) is 5.56 Å². The molecule has 0 aromatic carbocycles. The largest absolute Gasteiger partial charge is 0.341 e. The van der Waals surface area contributed by atoms with Gasteiger partial charge in [-0.2, -0.15) is 0 Å². The van der Waals surface area contributed by atoms with Gasteiger partial charge in [0.25, 0.3) is 5.91 Å². The van der Waals surface area contributed by atoms with E-state index in [9.17, 15) is 9.59 Å². The van der Waals surface area contributed by atoms with E-state index in [-0.39, 0.29) is 11.8 Å². The second-order valence-electron chi connectivity index (χ2n) is 6.28. The van der Waals surface area contributed by atoms with Gasteiger partial charge in [-0.25, -0.2) is 0 Å². The minimum Gasteiger partial charge on any atom is -0.341 e. The summed E-state index contributed by atoms with van der Waals surface area (Å²) in [6, 6.07) is 2.98. The van der Waals surface area contributed by atoms with Crippen LogP contribution in [0.25, 0.3) is 0 Å². The SMILES string of the molecule is CC(C)C[C@H](NC(=O)c1cccnc1)C(=O)N1CCCCC1. The van der Waals surface area contributed by atoms with Crippen molar-refractivity contribution in [3.63, 3.8) is 0 Å². The van der Waals surface area contributed by atoms with Crippen molar-refractivity contribution in [2.24, 2.45) is 5.92 Å². The van der Waals surface area contributed by atoms with Crippen LogP contribution >= 0.6 is 0 Å². The fraction of sp³-hybridized carbons (Fsp3) is 0.588. The molecular formula is C17H25N3O2. The number of nitrogens with one attached hydrogen (secondary N) is 1. The van der Waals surface area contributed by atoms with Gasteiger partial charge in [0.1, 0.15) is 6.04 Å². The molecule has 2 heterocycles. The summed E-state index contributed by atoms with van der Waals surface area (Å²) in [4.78, 5) is 30.8. The summed E-state index contributed by atoms with van der Waals surface area (Å²) in [5.41, 5.74) is 0.489. The summed E-state index contributed by atoms with van der Waals surface area (Å²) in [5.74, 6) is 0.155. The first-order chi connectivity index (χ1) is 10.6. The maximum Gasteiger partial charge on any atom is 0.253 e. The van der Waals surface area contributed by atoms with Gasteiger partial charge in [-0.1, -0.05) is 13.8 Å². The molecular weight excluding hydrogens is 278 g/mol. The number of amides is 2. The van der Waals surface area contributed by atoms with Crippen LogP contribution in [0.3, 0.4) is 0 Å². The Morgan fingerprint density at radius 3 is 2.59 bits per heavy atom. The van der Waals surface area contributed by atoms with Crippen LogP contribution in [0.2, 0.25) is 0 Å². The molecule has 0 saturated carbocycles. The molecule has 120 valence electrons. The molecule has 0 unspecified atom stereocenters. The number of hydrogen-bond acceptors (Lipinski definition) is 3. The molecule has 0 radical (unpaired) electrons. The average molecular weight is 303 g/mol. The Bertz CT molecular complexity index is 496. The smallest absolute Gasteiger partial charge is 0.253 e. The summed E-state index contributed by atoms with van der Waals surface area (Å²) >= 11 is 0. The third-order valence-corrected chi connectivity index (χ3v) is 3.90. The minimum atomic E-state index is -0.453. The van der Waals surface area contributed by atoms with Crippen molar-refractivity contribution in [1.82, 2.24) is 15.2 Å². The Kier molecular flexibility index (Phi) is 5.92. The highest BCUT2D eigenvalue weighted by Crippen LogP contribution is 2.14. The lowest BCUT2D eigenvalue weighted by molar-refractivity contribution is -0.134. The molecule has 1 fully saturated rings. The predicted octanol–water partition coefficient (Wildman–Crippen LogP) is 2.24. The normalized spacial score (nSPS) is 16.4. The number of piperidine rings is 1. The van der Waals surface area contributed by atoms with Crippen LogP contribution in [-0.2, 0) is 4.79 Å². The van der Waals surface area contributed by atoms with Gasteiger partial charge in [-0.3, -0.25) is 14.6 Å². The number of hydrogen-bond donors (Lipinski definition) is 1. The van der Waals surface area contributed by atoms with E-state index < -0.39 is 6.04 Å². The molecule has 5 heteroatoms. The van der Waals surface area contributed by atoms with Crippen LogP contribution in [0.1, 0.15) is 49.9 Å². The van der Waals surface area contributed by atoms with E-state index in [0.29, 0.717) is 17.9 Å². The number of likely N-dealkylation sites (tertiary alicyclic amines) is 1. The number of carbonyl (C=O) groups excluding carboxylic acids is 2. The number of aromatic nitrogens is 1. The Labute approximate surface area is 132 Å². The molecule has 1 saturated heterocycles. The highest BCUT2D eigenvalue weighted by Gasteiger charge is 2.27. The Hall–Kier alpha value is -1.91. The molecule has 5 nitrogen and oxygen atoms in total. The van der Waals surface area contributed by atoms with E-state index >= 15 is 0 Å². The molecule has 0 spiro atoms. The molecule has 1 atom stereocenters. The zero-order valence-electron chi connectivity index (χ0n) is 13.4. The second kappa shape index (κ2) is 7.92. The molecule has 0 aliphatic carbocycles. The van der Waals surface area contributed by atoms with Gasteiger partial charge < -0.3 is 10.2 Å². The highest BCUT2D eigenvalue weighted by molar-refractivity contribution is 5.97. The van der Waals surface area contributed by atoms with Gasteiger partial charge in [0.2, 0.25) is 5.91 Å². The van der Waals surface area contributed by atoms with E-state index in [2.05, 4.69) is 24.1 Å². The fourth-order valence-electron chi connectivity index (χ4n) is 2.77. The van der Waals surface area contributed by atoms with E-state index in [1.54, 1.807) is 18.3 Å². The molecule has 1 aliphatic heterocycles. The Morgan fingerprint density at radius 1 is 1.27 bits per heavy atom. The van der Waals surface area contributed by atoms with E-state index in [1.807, 2.05) is 4.90 Å². The predicted molar refractivity (Wildman–Crippen MR) is 85.4 cm³/mol. The monoisotopic (exact) mass is 303 g/mol. The molecule has 1 aliphatic rings. The Balaban J connectivity index is 2.05. The lowest BCUT2D eigenvalue weighted by Crippen LogP contribution is -2.50. The van der Waals surface area contributed by atoms with Crippen LogP contribution in [0.5, 0.6) is 0 Å². The van der Waals surface area contributed by atoms with Gasteiger partial charge in [0, 0.05) is 25.5 Å². The minimum absolute atomic E-state index is 0.0469. The van der Waals surface area contributed by atoms with Crippen LogP contribution in [0, 0.1) is 5.92 Å². The molecule has 2 amide bonds. The fourth-order valence-corrected chi connectivity index (χ4v) is 2.77. The zero-order chi connectivity index (χ0) is 15.9. The quantitative estimate of drug-likeness (QED) is 0.907. The first kappa shape index (κ1) is 16.5. The topological polar surface area (TPSA) is 62.3 Å². The summed E-state index contributed by atoms with van der Waals surface area (Å²) in [6.45, 7) is 5.73. The van der Waals surface area contributed by atoms with Crippen molar-refractivity contribution in [3.05, 3.63) is 30.1 Å². The van der Waals surface area contributed by atoms with Crippen LogP contribution in [0.4, 0.5) is 0 Å². The van der Waals surface area contributed by atoms with Gasteiger partial charge in [0.15, 0.2) is 0 Å². The molecule has 1 aromatic heterocycles. The first-order valence-corrected chi connectivity index (χ1v) is 8.07. The van der Waals surface area contributed by atoms with Crippen LogP contribution in [-0.4, -0.2) is 40.8 Å². The van der Waals surface area contributed by atoms with Gasteiger partial charge in [-0.05, 0) is 43.7 Å². The number of carbonyl (C=O) groups is 2. The van der Waals surface area contributed by atoms with E-state index in [1.165, 1.54) is 12.6 Å². The first-order valence-electron chi connectivity index (χ1n) is 8.07. The third kappa shape index (κ3) is 4.55. The van der Waals surface area contributed by atoms with Crippen molar-refractivity contribution < 1.29 is 9.59 Å². The van der Waals surface area contributed by atoms with Crippen molar-refractivity contribution in [1.29, 1.82) is 0 Å². The highest BCUT2D eigenvalue weighted by atomic mass is 16.2.